The van der Waals surface area contributed by atoms with Crippen LogP contribution in [-0.4, -0.2) is 17.7 Å². The normalized spacial score (nSPS) is 12.5. The average Bonchev–Trinajstić information content (AvgIpc) is 2.54. The number of hydrogen-bond acceptors (Lipinski definition) is 2. The zero-order valence-electron chi connectivity index (χ0n) is 12.3. The first-order chi connectivity index (χ1) is 11.3. The second kappa shape index (κ2) is 7.55. The molecule has 2 aromatic carbocycles. The fraction of sp³-hybridized carbons (Fsp3) is 0.188. The molecule has 0 radical (unpaired) electrons. The van der Waals surface area contributed by atoms with Crippen LogP contribution in [0.1, 0.15) is 17.2 Å². The van der Waals surface area contributed by atoms with Gasteiger partial charge in [0.2, 0.25) is 0 Å². The molecule has 0 saturated heterocycles. The Morgan fingerprint density at radius 3 is 2.42 bits per heavy atom. The Morgan fingerprint density at radius 2 is 1.83 bits per heavy atom. The molecule has 3 N–H and O–H groups in total. The number of rotatable bonds is 4. The lowest BCUT2D eigenvalue weighted by molar-refractivity contribution is -0.137. The Balaban J connectivity index is 2.10. The number of alkyl halides is 3. The Kier molecular flexibility index (Phi) is 5.69. The van der Waals surface area contributed by atoms with E-state index in [0.29, 0.717) is 5.56 Å². The fourth-order valence-corrected chi connectivity index (χ4v) is 2.29. The summed E-state index contributed by atoms with van der Waals surface area (Å²) >= 11 is 5.52. The molecule has 0 saturated carbocycles. The Hall–Kier alpha value is -2.25. The van der Waals surface area contributed by atoms with E-state index in [1.807, 2.05) is 0 Å². The highest BCUT2D eigenvalue weighted by Crippen LogP contribution is 2.36. The maximum Gasteiger partial charge on any atom is 0.417 e. The fourth-order valence-electron chi connectivity index (χ4n) is 2.07. The van der Waals surface area contributed by atoms with Crippen LogP contribution in [0, 0.1) is 0 Å². The predicted octanol–water partition coefficient (Wildman–Crippen LogP) is 4.21. The molecule has 2 rings (SSSR count). The Morgan fingerprint density at radius 1 is 1.17 bits per heavy atom. The van der Waals surface area contributed by atoms with Crippen molar-refractivity contribution in [2.45, 2.75) is 12.2 Å². The molecular formula is C16H14ClF3N2O2. The summed E-state index contributed by atoms with van der Waals surface area (Å²) in [5, 5.41) is 13.7. The minimum atomic E-state index is -4.62. The van der Waals surface area contributed by atoms with Crippen molar-refractivity contribution in [3.63, 3.8) is 0 Å². The van der Waals surface area contributed by atoms with Crippen molar-refractivity contribution in [1.82, 2.24) is 5.32 Å². The molecule has 0 bridgehead atoms. The number of aliphatic hydroxyl groups is 1. The van der Waals surface area contributed by atoms with Gasteiger partial charge in [-0.05, 0) is 23.8 Å². The zero-order chi connectivity index (χ0) is 17.7. The van der Waals surface area contributed by atoms with Crippen LogP contribution in [0.3, 0.4) is 0 Å². The molecule has 0 spiro atoms. The third-order valence-corrected chi connectivity index (χ3v) is 3.55. The quantitative estimate of drug-likeness (QED) is 0.766. The van der Waals surface area contributed by atoms with Crippen LogP contribution < -0.4 is 10.6 Å². The monoisotopic (exact) mass is 358 g/mol. The summed E-state index contributed by atoms with van der Waals surface area (Å²) < 4.78 is 38.4. The average molecular weight is 359 g/mol. The van der Waals surface area contributed by atoms with Crippen molar-refractivity contribution in [2.75, 3.05) is 11.9 Å². The maximum atomic E-state index is 12.8. The number of anilines is 1. The maximum absolute atomic E-state index is 12.8. The Labute approximate surface area is 141 Å². The highest BCUT2D eigenvalue weighted by atomic mass is 35.5. The molecule has 24 heavy (non-hydrogen) atoms. The summed E-state index contributed by atoms with van der Waals surface area (Å²) in [6.07, 6.45) is -4.62. The van der Waals surface area contributed by atoms with Crippen LogP contribution in [0.15, 0.2) is 48.5 Å². The molecule has 0 heterocycles. The van der Waals surface area contributed by atoms with Crippen LogP contribution in [0.25, 0.3) is 0 Å². The minimum Gasteiger partial charge on any atom is -0.394 e. The van der Waals surface area contributed by atoms with E-state index < -0.39 is 28.8 Å². The van der Waals surface area contributed by atoms with E-state index in [1.54, 1.807) is 30.3 Å². The van der Waals surface area contributed by atoms with Gasteiger partial charge in [-0.1, -0.05) is 41.9 Å². The molecule has 0 fully saturated rings. The molecule has 8 heteroatoms. The highest BCUT2D eigenvalue weighted by molar-refractivity contribution is 6.31. The number of benzene rings is 2. The second-order valence-electron chi connectivity index (χ2n) is 4.94. The number of nitrogens with one attached hydrogen (secondary N) is 2. The summed E-state index contributed by atoms with van der Waals surface area (Å²) in [7, 11) is 0. The molecule has 0 aliphatic rings. The molecular weight excluding hydrogens is 345 g/mol. The van der Waals surface area contributed by atoms with E-state index in [9.17, 15) is 23.1 Å². The van der Waals surface area contributed by atoms with Crippen LogP contribution in [-0.2, 0) is 6.18 Å². The molecule has 2 aromatic rings. The molecule has 1 unspecified atom stereocenters. The third-order valence-electron chi connectivity index (χ3n) is 3.22. The van der Waals surface area contributed by atoms with Gasteiger partial charge in [-0.15, -0.1) is 0 Å². The van der Waals surface area contributed by atoms with Gasteiger partial charge in [0, 0.05) is 5.69 Å². The molecule has 0 aliphatic heterocycles. The van der Waals surface area contributed by atoms with Gasteiger partial charge < -0.3 is 15.7 Å². The number of hydrogen-bond donors (Lipinski definition) is 3. The highest BCUT2D eigenvalue weighted by Gasteiger charge is 2.33. The van der Waals surface area contributed by atoms with E-state index >= 15 is 0 Å². The van der Waals surface area contributed by atoms with Crippen molar-refractivity contribution in [3.05, 3.63) is 64.7 Å². The summed E-state index contributed by atoms with van der Waals surface area (Å²) in [5.74, 6) is 0. The van der Waals surface area contributed by atoms with Crippen molar-refractivity contribution >= 4 is 23.3 Å². The molecule has 1 atom stereocenters. The smallest absolute Gasteiger partial charge is 0.394 e. The molecule has 4 nitrogen and oxygen atoms in total. The number of amides is 2. The SMILES string of the molecule is O=C(Nc1ccc(Cl)c(C(F)(F)F)c1)NC(CO)c1ccccc1. The van der Waals surface area contributed by atoms with Crippen molar-refractivity contribution in [2.24, 2.45) is 0 Å². The van der Waals surface area contributed by atoms with Crippen molar-refractivity contribution < 1.29 is 23.1 Å². The van der Waals surface area contributed by atoms with Gasteiger partial charge >= 0.3 is 12.2 Å². The lowest BCUT2D eigenvalue weighted by Crippen LogP contribution is -2.34. The summed E-state index contributed by atoms with van der Waals surface area (Å²) in [4.78, 5) is 12.0. The molecule has 2 amide bonds. The second-order valence-corrected chi connectivity index (χ2v) is 5.34. The molecule has 128 valence electrons. The van der Waals surface area contributed by atoms with Gasteiger partial charge in [0.25, 0.3) is 0 Å². The first-order valence-electron chi connectivity index (χ1n) is 6.91. The number of carbonyl (C=O) groups is 1. The first-order valence-corrected chi connectivity index (χ1v) is 7.29. The summed E-state index contributed by atoms with van der Waals surface area (Å²) in [6.45, 7) is -0.355. The van der Waals surface area contributed by atoms with Gasteiger partial charge in [0.1, 0.15) is 0 Å². The Bertz CT molecular complexity index is 708. The van der Waals surface area contributed by atoms with Gasteiger partial charge in [-0.3, -0.25) is 0 Å². The lowest BCUT2D eigenvalue weighted by Gasteiger charge is -2.18. The third kappa shape index (κ3) is 4.62. The van der Waals surface area contributed by atoms with Crippen LogP contribution in [0.2, 0.25) is 5.02 Å². The van der Waals surface area contributed by atoms with Crippen LogP contribution in [0.5, 0.6) is 0 Å². The van der Waals surface area contributed by atoms with Gasteiger partial charge in [-0.2, -0.15) is 13.2 Å². The first kappa shape index (κ1) is 18.1. The van der Waals surface area contributed by atoms with E-state index in [4.69, 9.17) is 11.6 Å². The summed E-state index contributed by atoms with van der Waals surface area (Å²) in [6, 6.07) is 10.3. The number of urea groups is 1. The van der Waals surface area contributed by atoms with Gasteiger partial charge in [0.05, 0.1) is 23.2 Å². The standard InChI is InChI=1S/C16H14ClF3N2O2/c17-13-7-6-11(8-12(13)16(18,19)20)21-15(24)22-14(9-23)10-4-2-1-3-5-10/h1-8,14,23H,9H2,(H2,21,22,24). The zero-order valence-corrected chi connectivity index (χ0v) is 13.0. The number of aliphatic hydroxyl groups excluding tert-OH is 1. The topological polar surface area (TPSA) is 61.4 Å². The number of carbonyl (C=O) groups excluding carboxylic acids is 1. The minimum absolute atomic E-state index is 0.0611. The van der Waals surface area contributed by atoms with Crippen molar-refractivity contribution in [1.29, 1.82) is 0 Å². The van der Waals surface area contributed by atoms with E-state index in [0.717, 1.165) is 12.1 Å². The molecule has 0 aliphatic carbocycles. The predicted molar refractivity (Wildman–Crippen MR) is 84.9 cm³/mol. The van der Waals surface area contributed by atoms with Gasteiger partial charge in [-0.25, -0.2) is 4.79 Å². The van der Waals surface area contributed by atoms with Gasteiger partial charge in [0.15, 0.2) is 0 Å². The number of halogens is 4. The lowest BCUT2D eigenvalue weighted by atomic mass is 10.1. The van der Waals surface area contributed by atoms with Crippen LogP contribution in [0.4, 0.5) is 23.7 Å². The van der Waals surface area contributed by atoms with Crippen LogP contribution >= 0.6 is 11.6 Å². The van der Waals surface area contributed by atoms with E-state index in [1.165, 1.54) is 6.07 Å². The molecule has 0 aromatic heterocycles. The summed E-state index contributed by atoms with van der Waals surface area (Å²) in [5.41, 5.74) is -0.431. The van der Waals surface area contributed by atoms with Crippen molar-refractivity contribution in [3.8, 4) is 0 Å². The van der Waals surface area contributed by atoms with E-state index in [2.05, 4.69) is 10.6 Å². The largest absolute Gasteiger partial charge is 0.417 e. The van der Waals surface area contributed by atoms with E-state index in [-0.39, 0.29) is 12.3 Å².